The molecule has 124 valence electrons. The fraction of sp³-hybridized carbons (Fsp3) is 0.438. The van der Waals surface area contributed by atoms with E-state index in [4.69, 9.17) is 9.26 Å². The predicted octanol–water partition coefficient (Wildman–Crippen LogP) is 2.85. The van der Waals surface area contributed by atoms with Gasteiger partial charge in [0.25, 0.3) is 5.91 Å². The van der Waals surface area contributed by atoms with E-state index in [1.54, 1.807) is 31.4 Å². The molecule has 0 atom stereocenters. The number of carbonyl (C=O) groups excluding carboxylic acids is 2. The number of anilines is 1. The van der Waals surface area contributed by atoms with Crippen molar-refractivity contribution in [3.05, 3.63) is 34.3 Å². The third-order valence-electron chi connectivity index (χ3n) is 3.65. The Morgan fingerprint density at radius 3 is 2.52 bits per heavy atom. The Hall–Kier alpha value is -2.57. The van der Waals surface area contributed by atoms with Crippen LogP contribution in [0, 0.1) is 20.8 Å². The number of nitrogens with zero attached hydrogens (tertiary/aromatic N) is 2. The van der Waals surface area contributed by atoms with Crippen LogP contribution in [0.3, 0.4) is 0 Å². The minimum Gasteiger partial charge on any atom is -0.461 e. The highest BCUT2D eigenvalue weighted by Gasteiger charge is 2.26. The number of nitrogens with one attached hydrogen (secondary N) is 1. The largest absolute Gasteiger partial charge is 0.461 e. The molecule has 23 heavy (non-hydrogen) atoms. The average molecular weight is 319 g/mol. The molecule has 0 radical (unpaired) electrons. The molecule has 0 saturated heterocycles. The lowest BCUT2D eigenvalue weighted by Crippen LogP contribution is -2.14. The molecule has 1 amide bonds. The van der Waals surface area contributed by atoms with Gasteiger partial charge < -0.3 is 19.1 Å². The first-order valence-corrected chi connectivity index (χ1v) is 7.52. The van der Waals surface area contributed by atoms with Crippen molar-refractivity contribution in [1.82, 2.24) is 9.72 Å². The van der Waals surface area contributed by atoms with Gasteiger partial charge in [0.1, 0.15) is 11.5 Å². The molecule has 0 bridgehead atoms. The Labute approximate surface area is 134 Å². The highest BCUT2D eigenvalue weighted by molar-refractivity contribution is 6.08. The van der Waals surface area contributed by atoms with E-state index < -0.39 is 5.97 Å². The van der Waals surface area contributed by atoms with Crippen LogP contribution in [-0.4, -0.2) is 28.2 Å². The molecule has 0 unspecified atom stereocenters. The zero-order valence-electron chi connectivity index (χ0n) is 14.0. The van der Waals surface area contributed by atoms with Gasteiger partial charge in [-0.05, 0) is 40.2 Å². The van der Waals surface area contributed by atoms with E-state index in [1.165, 1.54) is 0 Å². The average Bonchev–Trinajstić information content (AvgIpc) is 2.99. The van der Waals surface area contributed by atoms with Crippen molar-refractivity contribution >= 4 is 17.7 Å². The molecule has 0 spiro atoms. The van der Waals surface area contributed by atoms with Gasteiger partial charge in [-0.1, -0.05) is 5.16 Å². The summed E-state index contributed by atoms with van der Waals surface area (Å²) < 4.78 is 11.8. The number of esters is 1. The van der Waals surface area contributed by atoms with Gasteiger partial charge in [-0.3, -0.25) is 4.79 Å². The summed E-state index contributed by atoms with van der Waals surface area (Å²) in [6.07, 6.45) is 0. The van der Waals surface area contributed by atoms with E-state index in [9.17, 15) is 9.59 Å². The van der Waals surface area contributed by atoms with Crippen LogP contribution >= 0.6 is 0 Å². The van der Waals surface area contributed by atoms with Crippen LogP contribution < -0.4 is 5.32 Å². The van der Waals surface area contributed by atoms with Crippen LogP contribution in [0.25, 0.3) is 0 Å². The van der Waals surface area contributed by atoms with E-state index in [0.717, 1.165) is 0 Å². The molecular formula is C16H21N3O4. The van der Waals surface area contributed by atoms with Crippen molar-refractivity contribution in [3.8, 4) is 0 Å². The second-order valence-corrected chi connectivity index (χ2v) is 5.18. The highest BCUT2D eigenvalue weighted by atomic mass is 16.5. The van der Waals surface area contributed by atoms with Crippen molar-refractivity contribution in [2.75, 3.05) is 11.9 Å². The number of rotatable bonds is 5. The van der Waals surface area contributed by atoms with Gasteiger partial charge in [-0.2, -0.15) is 0 Å². The zero-order chi connectivity index (χ0) is 17.1. The number of carbonyl (C=O) groups is 2. The SMILES string of the molecule is CCOC(=O)c1c(C)c(C(=O)Nc2cc(C)on2)c(C)n1CC. The van der Waals surface area contributed by atoms with Gasteiger partial charge in [0.15, 0.2) is 5.82 Å². The summed E-state index contributed by atoms with van der Waals surface area (Å²) in [5.74, 6) is 0.192. The lowest BCUT2D eigenvalue weighted by molar-refractivity contribution is 0.0512. The van der Waals surface area contributed by atoms with Crippen LogP contribution in [-0.2, 0) is 11.3 Å². The maximum absolute atomic E-state index is 12.6. The first kappa shape index (κ1) is 16.8. The lowest BCUT2D eigenvalue weighted by atomic mass is 10.1. The molecule has 0 aliphatic rings. The molecule has 2 heterocycles. The molecule has 7 heteroatoms. The smallest absolute Gasteiger partial charge is 0.355 e. The molecule has 0 aliphatic carbocycles. The third kappa shape index (κ3) is 3.13. The summed E-state index contributed by atoms with van der Waals surface area (Å²) in [7, 11) is 0. The summed E-state index contributed by atoms with van der Waals surface area (Å²) in [6.45, 7) is 9.81. The third-order valence-corrected chi connectivity index (χ3v) is 3.65. The maximum atomic E-state index is 12.6. The van der Waals surface area contributed by atoms with Crippen LogP contribution in [0.1, 0.15) is 51.7 Å². The molecule has 2 aromatic heterocycles. The van der Waals surface area contributed by atoms with Gasteiger partial charge in [0, 0.05) is 18.3 Å². The van der Waals surface area contributed by atoms with Gasteiger partial charge in [0.2, 0.25) is 0 Å². The number of aromatic nitrogens is 2. The molecular weight excluding hydrogens is 298 g/mol. The second-order valence-electron chi connectivity index (χ2n) is 5.18. The number of amides is 1. The van der Waals surface area contributed by atoms with Crippen LogP contribution in [0.4, 0.5) is 5.82 Å². The molecule has 0 saturated carbocycles. The van der Waals surface area contributed by atoms with Gasteiger partial charge in [0.05, 0.1) is 12.2 Å². The molecule has 0 aliphatic heterocycles. The van der Waals surface area contributed by atoms with Crippen LogP contribution in [0.15, 0.2) is 10.6 Å². The molecule has 0 aromatic carbocycles. The van der Waals surface area contributed by atoms with Crippen molar-refractivity contribution < 1.29 is 18.8 Å². The number of hydrogen-bond donors (Lipinski definition) is 1. The minimum absolute atomic E-state index is 0.284. The summed E-state index contributed by atoms with van der Waals surface area (Å²) in [6, 6.07) is 1.63. The Morgan fingerprint density at radius 2 is 2.00 bits per heavy atom. The molecule has 0 fully saturated rings. The van der Waals surface area contributed by atoms with E-state index in [-0.39, 0.29) is 12.5 Å². The topological polar surface area (TPSA) is 86.4 Å². The lowest BCUT2D eigenvalue weighted by Gasteiger charge is -2.08. The van der Waals surface area contributed by atoms with Crippen molar-refractivity contribution in [2.45, 2.75) is 41.2 Å². The predicted molar refractivity (Wildman–Crippen MR) is 84.7 cm³/mol. The van der Waals surface area contributed by atoms with Gasteiger partial charge in [-0.25, -0.2) is 4.79 Å². The van der Waals surface area contributed by atoms with E-state index >= 15 is 0 Å². The summed E-state index contributed by atoms with van der Waals surface area (Å²) >= 11 is 0. The Morgan fingerprint density at radius 1 is 1.30 bits per heavy atom. The Balaban J connectivity index is 2.42. The first-order chi connectivity index (χ1) is 10.9. The normalized spacial score (nSPS) is 10.7. The fourth-order valence-electron chi connectivity index (χ4n) is 2.69. The second kappa shape index (κ2) is 6.68. The first-order valence-electron chi connectivity index (χ1n) is 7.52. The number of hydrogen-bond acceptors (Lipinski definition) is 5. The van der Waals surface area contributed by atoms with Crippen molar-refractivity contribution in [1.29, 1.82) is 0 Å². The number of aryl methyl sites for hydroxylation is 1. The maximum Gasteiger partial charge on any atom is 0.355 e. The van der Waals surface area contributed by atoms with Gasteiger partial charge >= 0.3 is 5.97 Å². The molecule has 2 rings (SSSR count). The van der Waals surface area contributed by atoms with Gasteiger partial charge in [-0.15, -0.1) is 0 Å². The van der Waals surface area contributed by atoms with E-state index in [0.29, 0.717) is 40.6 Å². The Kier molecular flexibility index (Phi) is 4.88. The Bertz CT molecular complexity index is 743. The molecule has 2 aromatic rings. The van der Waals surface area contributed by atoms with Crippen LogP contribution in [0.2, 0.25) is 0 Å². The quantitative estimate of drug-likeness (QED) is 0.856. The monoisotopic (exact) mass is 319 g/mol. The molecule has 1 N–H and O–H groups in total. The summed E-state index contributed by atoms with van der Waals surface area (Å²) in [5, 5.41) is 6.44. The van der Waals surface area contributed by atoms with E-state index in [1.807, 2.05) is 13.8 Å². The van der Waals surface area contributed by atoms with Crippen molar-refractivity contribution in [3.63, 3.8) is 0 Å². The minimum atomic E-state index is -0.425. The van der Waals surface area contributed by atoms with Crippen LogP contribution in [0.5, 0.6) is 0 Å². The summed E-state index contributed by atoms with van der Waals surface area (Å²) in [4.78, 5) is 24.8. The van der Waals surface area contributed by atoms with E-state index in [2.05, 4.69) is 10.5 Å². The highest BCUT2D eigenvalue weighted by Crippen LogP contribution is 2.24. The number of ether oxygens (including phenoxy) is 1. The van der Waals surface area contributed by atoms with Crippen molar-refractivity contribution in [2.24, 2.45) is 0 Å². The summed E-state index contributed by atoms with van der Waals surface area (Å²) in [5.41, 5.74) is 2.18. The standard InChI is InChI=1S/C16H21N3O4/c1-6-19-11(5)13(10(4)14(19)16(21)22-7-2)15(20)17-12-8-9(3)23-18-12/h8H,6-7H2,1-5H3,(H,17,18,20). The zero-order valence-corrected chi connectivity index (χ0v) is 14.0. The fourth-order valence-corrected chi connectivity index (χ4v) is 2.69. The molecule has 7 nitrogen and oxygen atoms in total.